The third-order valence-electron chi connectivity index (χ3n) is 5.13. The number of carboxylic acid groups (broad SMARTS) is 1. The quantitative estimate of drug-likeness (QED) is 0.396. The molecule has 3 rings (SSSR count). The fraction of sp³-hybridized carbons (Fsp3) is 0.706. The molecule has 0 aromatic carbocycles. The maximum atomic E-state index is 11.5. The third kappa shape index (κ3) is 5.33. The van der Waals surface area contributed by atoms with Gasteiger partial charge in [0.15, 0.2) is 0 Å². The molecule has 0 aromatic heterocycles. The number of piperidine rings is 1. The fourth-order valence-corrected chi connectivity index (χ4v) is 4.11. The fourth-order valence-electron chi connectivity index (χ4n) is 4.11. The van der Waals surface area contributed by atoms with Crippen molar-refractivity contribution in [2.45, 2.75) is 31.3 Å². The summed E-state index contributed by atoms with van der Waals surface area (Å²) in [6.45, 7) is 0.478. The van der Waals surface area contributed by atoms with Gasteiger partial charge in [0.05, 0.1) is 32.7 Å². The molecule has 0 amide bonds. The first-order valence-electron chi connectivity index (χ1n) is 9.19. The van der Waals surface area contributed by atoms with E-state index < -0.39 is 29.8 Å². The van der Waals surface area contributed by atoms with Crippen molar-refractivity contribution < 1.29 is 38.6 Å². The predicted molar refractivity (Wildman–Crippen MR) is 90.8 cm³/mol. The molecular weight excluding hydrogens is 374 g/mol. The molecule has 3 saturated heterocycles. The van der Waals surface area contributed by atoms with Gasteiger partial charge in [0.25, 0.3) is 0 Å². The second kappa shape index (κ2) is 8.76. The summed E-state index contributed by atoms with van der Waals surface area (Å²) in [5, 5.41) is 9.36. The van der Waals surface area contributed by atoms with Gasteiger partial charge in [-0.1, -0.05) is 6.42 Å². The van der Waals surface area contributed by atoms with E-state index in [1.54, 1.807) is 9.80 Å². The van der Waals surface area contributed by atoms with E-state index in [0.29, 0.717) is 13.1 Å². The Morgan fingerprint density at radius 3 is 1.57 bits per heavy atom. The lowest BCUT2D eigenvalue weighted by Crippen LogP contribution is -2.58. The van der Waals surface area contributed by atoms with Crippen LogP contribution in [0.2, 0.25) is 0 Å². The minimum Gasteiger partial charge on any atom is -0.480 e. The Hall–Kier alpha value is -2.37. The number of morpholine rings is 2. The van der Waals surface area contributed by atoms with Crippen LogP contribution in [-0.2, 0) is 33.4 Å². The van der Waals surface area contributed by atoms with E-state index in [1.807, 2.05) is 4.90 Å². The Balaban J connectivity index is 1.68. The van der Waals surface area contributed by atoms with Crippen molar-refractivity contribution in [1.82, 2.24) is 14.7 Å². The lowest BCUT2D eigenvalue weighted by atomic mass is 9.94. The van der Waals surface area contributed by atoms with Crippen LogP contribution in [0.4, 0.5) is 0 Å². The first-order valence-corrected chi connectivity index (χ1v) is 9.19. The molecular formula is C17H23N3O8. The lowest BCUT2D eigenvalue weighted by molar-refractivity contribution is -0.168. The zero-order chi connectivity index (χ0) is 20.3. The van der Waals surface area contributed by atoms with Gasteiger partial charge in [-0.25, -0.2) is 0 Å². The number of esters is 4. The van der Waals surface area contributed by atoms with Gasteiger partial charge < -0.3 is 14.6 Å². The SMILES string of the molecule is O=C(O)CN1C(CN2CC(=O)OC(=O)C2)CCCC1CN1CC(=O)OC(=O)C1. The maximum Gasteiger partial charge on any atom is 0.327 e. The van der Waals surface area contributed by atoms with E-state index in [2.05, 4.69) is 9.47 Å². The van der Waals surface area contributed by atoms with Gasteiger partial charge >= 0.3 is 29.8 Å². The molecule has 0 bridgehead atoms. The molecule has 28 heavy (non-hydrogen) atoms. The maximum absolute atomic E-state index is 11.5. The first kappa shape index (κ1) is 20.4. The highest BCUT2D eigenvalue weighted by molar-refractivity contribution is 5.90. The summed E-state index contributed by atoms with van der Waals surface area (Å²) in [4.78, 5) is 62.6. The largest absolute Gasteiger partial charge is 0.480 e. The number of carboxylic acids is 1. The van der Waals surface area contributed by atoms with Crippen molar-refractivity contribution in [1.29, 1.82) is 0 Å². The normalized spacial score (nSPS) is 28.1. The van der Waals surface area contributed by atoms with Crippen LogP contribution in [0.3, 0.4) is 0 Å². The average Bonchev–Trinajstić information content (AvgIpc) is 2.55. The van der Waals surface area contributed by atoms with Crippen molar-refractivity contribution in [2.24, 2.45) is 0 Å². The summed E-state index contributed by atoms with van der Waals surface area (Å²) in [6.07, 6.45) is 2.29. The summed E-state index contributed by atoms with van der Waals surface area (Å²) in [6, 6.07) is -0.331. The summed E-state index contributed by atoms with van der Waals surface area (Å²) in [5.74, 6) is -3.44. The Labute approximate surface area is 161 Å². The molecule has 1 N–H and O–H groups in total. The van der Waals surface area contributed by atoms with Crippen LogP contribution in [0.1, 0.15) is 19.3 Å². The highest BCUT2D eigenvalue weighted by atomic mass is 16.6. The van der Waals surface area contributed by atoms with Crippen molar-refractivity contribution in [2.75, 3.05) is 45.8 Å². The lowest BCUT2D eigenvalue weighted by Gasteiger charge is -2.44. The molecule has 3 aliphatic rings. The van der Waals surface area contributed by atoms with E-state index in [0.717, 1.165) is 19.3 Å². The number of hydrogen-bond donors (Lipinski definition) is 1. The van der Waals surface area contributed by atoms with Gasteiger partial charge in [-0.15, -0.1) is 0 Å². The van der Waals surface area contributed by atoms with E-state index in [-0.39, 0.29) is 44.8 Å². The standard InChI is InChI=1S/C17H23N3O8/c21-13(22)6-20-11(4-18-7-14(23)27-15(24)8-18)2-1-3-12(20)5-19-9-16(25)28-17(26)10-19/h11-12H,1-10H2,(H,21,22). The van der Waals surface area contributed by atoms with Crippen LogP contribution >= 0.6 is 0 Å². The number of aliphatic carboxylic acids is 1. The van der Waals surface area contributed by atoms with Crippen LogP contribution in [0.25, 0.3) is 0 Å². The molecule has 154 valence electrons. The molecule has 11 heteroatoms. The monoisotopic (exact) mass is 397 g/mol. The van der Waals surface area contributed by atoms with E-state index >= 15 is 0 Å². The van der Waals surface area contributed by atoms with Crippen molar-refractivity contribution in [3.05, 3.63) is 0 Å². The first-order chi connectivity index (χ1) is 13.3. The third-order valence-corrected chi connectivity index (χ3v) is 5.13. The molecule has 0 radical (unpaired) electrons. The van der Waals surface area contributed by atoms with Crippen molar-refractivity contribution in [3.8, 4) is 0 Å². The number of rotatable bonds is 6. The molecule has 0 aliphatic carbocycles. The summed E-state index contributed by atoms with van der Waals surface area (Å²) >= 11 is 0. The molecule has 3 fully saturated rings. The average molecular weight is 397 g/mol. The number of nitrogens with zero attached hydrogens (tertiary/aromatic N) is 3. The summed E-state index contributed by atoms with van der Waals surface area (Å²) in [5.41, 5.74) is 0. The Morgan fingerprint density at radius 2 is 1.21 bits per heavy atom. The van der Waals surface area contributed by atoms with Gasteiger partial charge in [-0.3, -0.25) is 38.7 Å². The number of carbonyl (C=O) groups is 5. The molecule has 0 spiro atoms. The van der Waals surface area contributed by atoms with Crippen LogP contribution in [0.5, 0.6) is 0 Å². The number of likely N-dealkylation sites (tertiary alicyclic amines) is 1. The topological polar surface area (TPSA) is 134 Å². The highest BCUT2D eigenvalue weighted by Gasteiger charge is 2.37. The number of cyclic esters (lactones) is 4. The van der Waals surface area contributed by atoms with Gasteiger partial charge in [0.1, 0.15) is 0 Å². The molecule has 0 saturated carbocycles. The second-order valence-corrected chi connectivity index (χ2v) is 7.34. The van der Waals surface area contributed by atoms with Crippen molar-refractivity contribution in [3.63, 3.8) is 0 Å². The van der Waals surface area contributed by atoms with Crippen molar-refractivity contribution >= 4 is 29.8 Å². The number of carbonyl (C=O) groups excluding carboxylic acids is 4. The molecule has 2 unspecified atom stereocenters. The zero-order valence-corrected chi connectivity index (χ0v) is 15.4. The van der Waals surface area contributed by atoms with Crippen LogP contribution in [0.15, 0.2) is 0 Å². The highest BCUT2D eigenvalue weighted by Crippen LogP contribution is 2.25. The minimum absolute atomic E-state index is 0.0136. The van der Waals surface area contributed by atoms with Gasteiger partial charge in [-0.2, -0.15) is 0 Å². The number of hydrogen-bond acceptors (Lipinski definition) is 10. The van der Waals surface area contributed by atoms with Gasteiger partial charge in [-0.05, 0) is 12.8 Å². The Kier molecular flexibility index (Phi) is 6.37. The van der Waals surface area contributed by atoms with Gasteiger partial charge in [0.2, 0.25) is 0 Å². The van der Waals surface area contributed by atoms with E-state index in [4.69, 9.17) is 0 Å². The summed E-state index contributed by atoms with van der Waals surface area (Å²) in [7, 11) is 0. The Morgan fingerprint density at radius 1 is 0.821 bits per heavy atom. The molecule has 11 nitrogen and oxygen atoms in total. The molecule has 2 atom stereocenters. The summed E-state index contributed by atoms with van der Waals surface area (Å²) < 4.78 is 9.06. The van der Waals surface area contributed by atoms with E-state index in [1.165, 1.54) is 0 Å². The second-order valence-electron chi connectivity index (χ2n) is 7.34. The Bertz CT molecular complexity index is 601. The molecule has 3 heterocycles. The van der Waals surface area contributed by atoms with Crippen LogP contribution < -0.4 is 0 Å². The smallest absolute Gasteiger partial charge is 0.327 e. The minimum atomic E-state index is -0.986. The van der Waals surface area contributed by atoms with Gasteiger partial charge in [0, 0.05) is 25.2 Å². The zero-order valence-electron chi connectivity index (χ0n) is 15.4. The predicted octanol–water partition coefficient (Wildman–Crippen LogP) is -1.94. The molecule has 3 aliphatic heterocycles. The number of ether oxygens (including phenoxy) is 2. The molecule has 0 aromatic rings. The van der Waals surface area contributed by atoms with E-state index in [9.17, 15) is 29.1 Å². The van der Waals surface area contributed by atoms with Crippen LogP contribution in [0, 0.1) is 0 Å². The van der Waals surface area contributed by atoms with Crippen LogP contribution in [-0.4, -0.2) is 108 Å².